The second-order valence-corrected chi connectivity index (χ2v) is 21.1. The van der Waals surface area contributed by atoms with Gasteiger partial charge >= 0.3 is 29.8 Å². The molecule has 7 rings (SSSR count). The molecule has 3 aromatic rings. The fourth-order valence-corrected chi connectivity index (χ4v) is 12.3. The molecule has 11 atom stereocenters. The molecular weight excluding hydrogens is 935 g/mol. The number of aliphatic hydroxyl groups is 2. The Hall–Kier alpha value is -6.19. The number of Topliss-reactive ketones (excluding diaryl/α,β-unsaturated/α-hetero) is 1. The van der Waals surface area contributed by atoms with Gasteiger partial charge in [0.05, 0.1) is 23.0 Å². The van der Waals surface area contributed by atoms with Gasteiger partial charge in [0.1, 0.15) is 29.5 Å². The van der Waals surface area contributed by atoms with Crippen LogP contribution in [0.25, 0.3) is 0 Å². The molecule has 0 spiro atoms. The van der Waals surface area contributed by atoms with Crippen LogP contribution in [0.4, 0.5) is 0 Å². The van der Waals surface area contributed by atoms with Crippen molar-refractivity contribution in [3.05, 3.63) is 119 Å². The first-order valence-corrected chi connectivity index (χ1v) is 25.8. The van der Waals surface area contributed by atoms with Gasteiger partial charge in [-0.25, -0.2) is 9.59 Å². The molecule has 4 aliphatic carbocycles. The van der Waals surface area contributed by atoms with E-state index in [9.17, 15) is 34.2 Å². The van der Waals surface area contributed by atoms with E-state index in [0.717, 1.165) is 45.4 Å². The van der Waals surface area contributed by atoms with Gasteiger partial charge in [0, 0.05) is 43.6 Å². The quantitative estimate of drug-likeness (QED) is 0.0445. The summed E-state index contributed by atoms with van der Waals surface area (Å²) in [6.45, 7) is 10.7. The number of carbonyl (C=O) groups excluding carboxylic acids is 7. The predicted octanol–water partition coefficient (Wildman–Crippen LogP) is 8.44. The number of benzene rings is 3. The van der Waals surface area contributed by atoms with Gasteiger partial charge in [0.25, 0.3) is 5.91 Å². The van der Waals surface area contributed by atoms with Crippen LogP contribution >= 0.6 is 0 Å². The van der Waals surface area contributed by atoms with Crippen molar-refractivity contribution >= 4 is 41.5 Å². The Morgan fingerprint density at radius 2 is 1.36 bits per heavy atom. The number of unbranched alkanes of at least 4 members (excludes halogenated alkanes) is 6. The highest BCUT2D eigenvalue weighted by molar-refractivity contribution is 5.96. The first kappa shape index (κ1) is 54.6. The molecule has 0 aromatic heterocycles. The van der Waals surface area contributed by atoms with Crippen LogP contribution in [0.2, 0.25) is 0 Å². The predicted molar refractivity (Wildman–Crippen MR) is 267 cm³/mol. The van der Waals surface area contributed by atoms with Gasteiger partial charge in [0.15, 0.2) is 11.9 Å². The Morgan fingerprint density at radius 1 is 0.767 bits per heavy atom. The zero-order valence-corrected chi connectivity index (χ0v) is 43.1. The SMILES string of the molecule is CCCCCCCCCC(=O)O[C@@H](C(=O)O[C@H]1C[C@@]2(O)[C@@H](OC(=O)c3ccccc3)C3[C@](C)(C(=O)[C@H](OC(C)=O)C(=C1C)C2(C)C)[C@@H](O)C[C@H]1CC[C@@]31OC(C)=O)[C@@H](NC(=O)c1ccccc1)c1ccccc1. The van der Waals surface area contributed by atoms with E-state index in [-0.39, 0.29) is 41.5 Å². The molecule has 0 radical (unpaired) electrons. The Labute approximate surface area is 427 Å². The summed E-state index contributed by atoms with van der Waals surface area (Å²) >= 11 is 0. The Morgan fingerprint density at radius 3 is 1.93 bits per heavy atom. The highest BCUT2D eigenvalue weighted by Gasteiger charge is 2.77. The molecule has 3 aromatic carbocycles. The maximum Gasteiger partial charge on any atom is 0.350 e. The maximum absolute atomic E-state index is 15.8. The summed E-state index contributed by atoms with van der Waals surface area (Å²) in [5, 5.41) is 29.2. The molecule has 4 aliphatic rings. The van der Waals surface area contributed by atoms with Crippen molar-refractivity contribution in [2.45, 2.75) is 173 Å². The second-order valence-electron chi connectivity index (χ2n) is 21.1. The van der Waals surface area contributed by atoms with Crippen LogP contribution in [-0.2, 0) is 47.7 Å². The zero-order chi connectivity index (χ0) is 52.9. The molecule has 73 heavy (non-hydrogen) atoms. The van der Waals surface area contributed by atoms with Gasteiger partial charge in [-0.1, -0.05) is 126 Å². The zero-order valence-electron chi connectivity index (χ0n) is 43.1. The van der Waals surface area contributed by atoms with E-state index in [1.54, 1.807) is 99.6 Å². The van der Waals surface area contributed by atoms with Crippen LogP contribution in [0.1, 0.15) is 158 Å². The standard InChI is InChI=1S/C58H71NO14/c1-8-9-10-11-12-13-23-30-44(63)71-48(46(38-24-17-14-18-25-38)59-52(65)39-26-19-15-20-27-39)54(67)70-42-34-58(68)51(72-53(66)40-28-21-16-22-29-40)49-56(7,43(62)33-41-31-32-57(41,49)73-37(4)61)50(64)47(69-36(3)60)45(35(42)2)55(58,5)6/h14-22,24-29,41-43,46-49,51,62,68H,8-13,23,30-34H2,1-7H3,(H,59,65)/t41-,42+,43+,46+,47-,48-,49?,51+,56-,57+,58-/m1/s1. The van der Waals surface area contributed by atoms with Gasteiger partial charge in [-0.05, 0) is 80.5 Å². The number of hydrogen-bond acceptors (Lipinski definition) is 14. The van der Waals surface area contributed by atoms with Crippen LogP contribution in [0, 0.1) is 22.7 Å². The Balaban J connectivity index is 1.37. The Kier molecular flexibility index (Phi) is 16.8. The van der Waals surface area contributed by atoms with Crippen LogP contribution in [-0.4, -0.2) is 93.5 Å². The molecule has 3 saturated carbocycles. The van der Waals surface area contributed by atoms with E-state index in [1.807, 2.05) is 0 Å². The lowest BCUT2D eigenvalue weighted by Crippen LogP contribution is -2.78. The lowest BCUT2D eigenvalue weighted by molar-refractivity contribution is -0.296. The van der Waals surface area contributed by atoms with Crippen molar-refractivity contribution in [3.63, 3.8) is 0 Å². The number of ether oxygens (including phenoxy) is 5. The molecule has 0 saturated heterocycles. The van der Waals surface area contributed by atoms with Gasteiger partial charge in [-0.15, -0.1) is 0 Å². The minimum absolute atomic E-state index is 0.000706. The van der Waals surface area contributed by atoms with Crippen LogP contribution in [0.5, 0.6) is 0 Å². The van der Waals surface area contributed by atoms with E-state index in [0.29, 0.717) is 18.4 Å². The van der Waals surface area contributed by atoms with Gasteiger partial charge in [-0.2, -0.15) is 0 Å². The van der Waals surface area contributed by atoms with Crippen molar-refractivity contribution in [1.29, 1.82) is 0 Å². The molecule has 392 valence electrons. The van der Waals surface area contributed by atoms with E-state index < -0.39 is 118 Å². The largest absolute Gasteiger partial charge is 0.458 e. The number of carbonyl (C=O) groups is 7. The first-order chi connectivity index (χ1) is 34.7. The van der Waals surface area contributed by atoms with Crippen molar-refractivity contribution < 1.29 is 67.5 Å². The smallest absolute Gasteiger partial charge is 0.350 e. The van der Waals surface area contributed by atoms with Crippen LogP contribution < -0.4 is 5.32 Å². The second kappa shape index (κ2) is 22.5. The topological polar surface area (TPSA) is 218 Å². The molecule has 15 heteroatoms. The van der Waals surface area contributed by atoms with Crippen molar-refractivity contribution in [1.82, 2.24) is 5.32 Å². The van der Waals surface area contributed by atoms with Crippen molar-refractivity contribution in [3.8, 4) is 0 Å². The van der Waals surface area contributed by atoms with E-state index in [4.69, 9.17) is 23.7 Å². The normalized spacial score (nSPS) is 28.8. The van der Waals surface area contributed by atoms with Gasteiger partial charge < -0.3 is 39.2 Å². The summed E-state index contributed by atoms with van der Waals surface area (Å²) in [6.07, 6.45) is -1.85. The number of rotatable bonds is 19. The monoisotopic (exact) mass is 1010 g/mol. The number of aliphatic hydroxyl groups excluding tert-OH is 1. The summed E-state index contributed by atoms with van der Waals surface area (Å²) in [4.78, 5) is 100. The summed E-state index contributed by atoms with van der Waals surface area (Å²) < 4.78 is 31.4. The van der Waals surface area contributed by atoms with Crippen LogP contribution in [0.3, 0.4) is 0 Å². The van der Waals surface area contributed by atoms with Crippen molar-refractivity contribution in [2.75, 3.05) is 0 Å². The number of amides is 1. The Bertz CT molecular complexity index is 2550. The summed E-state index contributed by atoms with van der Waals surface area (Å²) in [6, 6.07) is 23.5. The third kappa shape index (κ3) is 10.8. The summed E-state index contributed by atoms with van der Waals surface area (Å²) in [7, 11) is 0. The number of nitrogens with one attached hydrogen (secondary N) is 1. The molecule has 3 N–H and O–H groups in total. The molecule has 3 fully saturated rings. The molecule has 0 heterocycles. The highest BCUT2D eigenvalue weighted by atomic mass is 16.6. The molecule has 1 amide bonds. The first-order valence-electron chi connectivity index (χ1n) is 25.8. The number of ketones is 1. The average molecular weight is 1010 g/mol. The molecule has 2 bridgehead atoms. The number of fused-ring (bicyclic) bond motifs is 5. The van der Waals surface area contributed by atoms with E-state index >= 15 is 9.59 Å². The van der Waals surface area contributed by atoms with Crippen LogP contribution in [0.15, 0.2) is 102 Å². The van der Waals surface area contributed by atoms with Gasteiger partial charge in [0.2, 0.25) is 6.10 Å². The summed E-state index contributed by atoms with van der Waals surface area (Å²) in [5.41, 5.74) is -6.65. The van der Waals surface area contributed by atoms with Gasteiger partial charge in [-0.3, -0.25) is 24.0 Å². The lowest BCUT2D eigenvalue weighted by Gasteiger charge is -2.68. The third-order valence-corrected chi connectivity index (χ3v) is 16.3. The highest BCUT2D eigenvalue weighted by Crippen LogP contribution is 2.67. The molecule has 0 aliphatic heterocycles. The van der Waals surface area contributed by atoms with E-state index in [2.05, 4.69) is 12.2 Å². The minimum Gasteiger partial charge on any atom is -0.458 e. The third-order valence-electron chi connectivity index (χ3n) is 16.3. The average Bonchev–Trinajstić information content (AvgIpc) is 3.36. The molecular formula is C58H71NO14. The number of hydrogen-bond donors (Lipinski definition) is 3. The number of esters is 5. The maximum atomic E-state index is 15.8. The summed E-state index contributed by atoms with van der Waals surface area (Å²) in [5.74, 6) is -7.71. The lowest BCUT2D eigenvalue weighted by atomic mass is 9.41. The molecule has 15 nitrogen and oxygen atoms in total. The van der Waals surface area contributed by atoms with Crippen molar-refractivity contribution in [2.24, 2.45) is 22.7 Å². The van der Waals surface area contributed by atoms with E-state index in [1.165, 1.54) is 26.0 Å². The fourth-order valence-electron chi connectivity index (χ4n) is 12.3. The molecule has 1 unspecified atom stereocenters. The minimum atomic E-state index is -2.38. The fraction of sp³-hybridized carbons (Fsp3) is 0.534.